The van der Waals surface area contributed by atoms with Crippen molar-refractivity contribution in [1.29, 1.82) is 0 Å². The second kappa shape index (κ2) is 5.46. The van der Waals surface area contributed by atoms with Crippen molar-refractivity contribution in [3.05, 3.63) is 11.1 Å². The maximum atomic E-state index is 12.2. The molecule has 0 aliphatic carbocycles. The monoisotopic (exact) mass is 280 g/mol. The highest BCUT2D eigenvalue weighted by Gasteiger charge is 2.29. The SMILES string of the molecule is Nc1nc(C(=O)N2CCC(N3CCCC3)CC2)cs1. The van der Waals surface area contributed by atoms with Gasteiger partial charge in [0.25, 0.3) is 5.91 Å². The summed E-state index contributed by atoms with van der Waals surface area (Å²) >= 11 is 1.33. The first kappa shape index (κ1) is 12.9. The molecule has 104 valence electrons. The Kier molecular flexibility index (Phi) is 3.70. The molecule has 1 aromatic rings. The van der Waals surface area contributed by atoms with Crippen molar-refractivity contribution in [2.45, 2.75) is 31.7 Å². The van der Waals surface area contributed by atoms with Crippen molar-refractivity contribution in [3.8, 4) is 0 Å². The zero-order chi connectivity index (χ0) is 13.2. The zero-order valence-corrected chi connectivity index (χ0v) is 11.9. The third-order valence-electron chi connectivity index (χ3n) is 4.15. The van der Waals surface area contributed by atoms with Crippen LogP contribution in [0.2, 0.25) is 0 Å². The van der Waals surface area contributed by atoms with Gasteiger partial charge < -0.3 is 15.5 Å². The summed E-state index contributed by atoms with van der Waals surface area (Å²) in [5.74, 6) is 0.0350. The number of likely N-dealkylation sites (tertiary alicyclic amines) is 2. The van der Waals surface area contributed by atoms with E-state index in [2.05, 4.69) is 9.88 Å². The molecule has 0 atom stereocenters. The number of amides is 1. The molecular weight excluding hydrogens is 260 g/mol. The molecular formula is C13H20N4OS. The molecule has 2 aliphatic rings. The number of nitrogen functional groups attached to an aromatic ring is 1. The number of anilines is 1. The van der Waals surface area contributed by atoms with Gasteiger partial charge in [-0.3, -0.25) is 4.79 Å². The Morgan fingerprint density at radius 3 is 2.53 bits per heavy atom. The third-order valence-corrected chi connectivity index (χ3v) is 4.82. The third kappa shape index (κ3) is 2.74. The molecule has 5 nitrogen and oxygen atoms in total. The molecule has 3 rings (SSSR count). The number of aromatic nitrogens is 1. The number of carbonyl (C=O) groups is 1. The summed E-state index contributed by atoms with van der Waals surface area (Å²) in [5.41, 5.74) is 6.08. The van der Waals surface area contributed by atoms with E-state index in [0.29, 0.717) is 16.9 Å². The van der Waals surface area contributed by atoms with Crippen molar-refractivity contribution >= 4 is 22.4 Å². The molecule has 2 saturated heterocycles. The number of hydrogen-bond acceptors (Lipinski definition) is 5. The minimum Gasteiger partial charge on any atom is -0.375 e. The first-order valence-corrected chi connectivity index (χ1v) is 7.86. The van der Waals surface area contributed by atoms with Gasteiger partial charge in [0, 0.05) is 24.5 Å². The highest BCUT2D eigenvalue weighted by Crippen LogP contribution is 2.22. The number of nitrogens with two attached hydrogens (primary N) is 1. The Morgan fingerprint density at radius 1 is 1.26 bits per heavy atom. The molecule has 0 aromatic carbocycles. The molecule has 2 fully saturated rings. The van der Waals surface area contributed by atoms with Crippen LogP contribution in [0.3, 0.4) is 0 Å². The minimum atomic E-state index is 0.0350. The van der Waals surface area contributed by atoms with E-state index in [-0.39, 0.29) is 5.91 Å². The summed E-state index contributed by atoms with van der Waals surface area (Å²) < 4.78 is 0. The average molecular weight is 280 g/mol. The second-order valence-corrected chi connectivity index (χ2v) is 6.23. The summed E-state index contributed by atoms with van der Waals surface area (Å²) in [4.78, 5) is 20.8. The normalized spacial score (nSPS) is 22.0. The van der Waals surface area contributed by atoms with Crippen LogP contribution in [0, 0.1) is 0 Å². The Bertz CT molecular complexity index is 447. The number of rotatable bonds is 2. The summed E-state index contributed by atoms with van der Waals surface area (Å²) in [5, 5.41) is 2.22. The Morgan fingerprint density at radius 2 is 1.95 bits per heavy atom. The van der Waals surface area contributed by atoms with E-state index in [1.54, 1.807) is 5.38 Å². The maximum absolute atomic E-state index is 12.2. The number of carbonyl (C=O) groups excluding carboxylic acids is 1. The molecule has 6 heteroatoms. The van der Waals surface area contributed by atoms with Crippen molar-refractivity contribution in [2.75, 3.05) is 31.9 Å². The molecule has 1 aromatic heterocycles. The van der Waals surface area contributed by atoms with Gasteiger partial charge in [-0.25, -0.2) is 4.98 Å². The van der Waals surface area contributed by atoms with Gasteiger partial charge in [-0.2, -0.15) is 0 Å². The van der Waals surface area contributed by atoms with Crippen molar-refractivity contribution < 1.29 is 4.79 Å². The lowest BCUT2D eigenvalue weighted by molar-refractivity contribution is 0.0639. The summed E-state index contributed by atoms with van der Waals surface area (Å²) in [6, 6.07) is 0.673. The minimum absolute atomic E-state index is 0.0350. The van der Waals surface area contributed by atoms with Crippen LogP contribution in [0.15, 0.2) is 5.38 Å². The predicted molar refractivity (Wildman–Crippen MR) is 76.3 cm³/mol. The first-order valence-electron chi connectivity index (χ1n) is 6.98. The predicted octanol–water partition coefficient (Wildman–Crippen LogP) is 1.43. The summed E-state index contributed by atoms with van der Waals surface area (Å²) in [7, 11) is 0. The molecule has 0 radical (unpaired) electrons. The van der Waals surface area contributed by atoms with Gasteiger partial charge in [-0.15, -0.1) is 11.3 Å². The highest BCUT2D eigenvalue weighted by atomic mass is 32.1. The van der Waals surface area contributed by atoms with E-state index >= 15 is 0 Å². The smallest absolute Gasteiger partial charge is 0.273 e. The van der Waals surface area contributed by atoms with Gasteiger partial charge in [0.05, 0.1) is 0 Å². The molecule has 1 amide bonds. The van der Waals surface area contributed by atoms with Gasteiger partial charge in [-0.1, -0.05) is 0 Å². The number of nitrogens with zero attached hydrogens (tertiary/aromatic N) is 3. The number of thiazole rings is 1. The van der Waals surface area contributed by atoms with E-state index in [4.69, 9.17) is 5.73 Å². The van der Waals surface area contributed by atoms with E-state index < -0.39 is 0 Å². The summed E-state index contributed by atoms with van der Waals surface area (Å²) in [6.45, 7) is 4.16. The molecule has 2 N–H and O–H groups in total. The molecule has 0 unspecified atom stereocenters. The van der Waals surface area contributed by atoms with Crippen molar-refractivity contribution in [3.63, 3.8) is 0 Å². The molecule has 0 saturated carbocycles. The van der Waals surface area contributed by atoms with E-state index in [9.17, 15) is 4.79 Å². The first-order chi connectivity index (χ1) is 9.24. The molecule has 0 bridgehead atoms. The largest absolute Gasteiger partial charge is 0.375 e. The van der Waals surface area contributed by atoms with Crippen LogP contribution in [-0.2, 0) is 0 Å². The van der Waals surface area contributed by atoms with E-state index in [0.717, 1.165) is 25.9 Å². The Hall–Kier alpha value is -1.14. The quantitative estimate of drug-likeness (QED) is 0.890. The van der Waals surface area contributed by atoms with Crippen molar-refractivity contribution in [1.82, 2.24) is 14.8 Å². The van der Waals surface area contributed by atoms with Crippen LogP contribution in [0.1, 0.15) is 36.2 Å². The lowest BCUT2D eigenvalue weighted by Crippen LogP contribution is -2.46. The van der Waals surface area contributed by atoms with Crippen LogP contribution < -0.4 is 5.73 Å². The van der Waals surface area contributed by atoms with Crippen LogP contribution in [-0.4, -0.2) is 52.9 Å². The summed E-state index contributed by atoms with van der Waals surface area (Å²) in [6.07, 6.45) is 4.84. The average Bonchev–Trinajstić information content (AvgIpc) is 3.09. The van der Waals surface area contributed by atoms with Crippen LogP contribution in [0.4, 0.5) is 5.13 Å². The lowest BCUT2D eigenvalue weighted by Gasteiger charge is -2.36. The van der Waals surface area contributed by atoms with E-state index in [1.165, 1.54) is 37.3 Å². The maximum Gasteiger partial charge on any atom is 0.273 e. The van der Waals surface area contributed by atoms with Crippen molar-refractivity contribution in [2.24, 2.45) is 0 Å². The molecule has 19 heavy (non-hydrogen) atoms. The fourth-order valence-corrected chi connectivity index (χ4v) is 3.63. The van der Waals surface area contributed by atoms with Crippen LogP contribution in [0.25, 0.3) is 0 Å². The van der Waals surface area contributed by atoms with Crippen LogP contribution in [0.5, 0.6) is 0 Å². The fourth-order valence-electron chi connectivity index (χ4n) is 3.09. The van der Waals surface area contributed by atoms with Crippen LogP contribution >= 0.6 is 11.3 Å². The molecule has 3 heterocycles. The fraction of sp³-hybridized carbons (Fsp3) is 0.692. The van der Waals surface area contributed by atoms with Gasteiger partial charge in [0.15, 0.2) is 5.13 Å². The Labute approximate surface area is 117 Å². The second-order valence-electron chi connectivity index (χ2n) is 5.34. The van der Waals surface area contributed by atoms with Gasteiger partial charge in [0.1, 0.15) is 5.69 Å². The van der Waals surface area contributed by atoms with Gasteiger partial charge in [0.2, 0.25) is 0 Å². The van der Waals surface area contributed by atoms with Gasteiger partial charge >= 0.3 is 0 Å². The van der Waals surface area contributed by atoms with Gasteiger partial charge in [-0.05, 0) is 38.8 Å². The lowest BCUT2D eigenvalue weighted by atomic mass is 10.0. The number of hydrogen-bond donors (Lipinski definition) is 1. The van der Waals surface area contributed by atoms with E-state index in [1.807, 2.05) is 4.90 Å². The highest BCUT2D eigenvalue weighted by molar-refractivity contribution is 7.13. The molecule has 0 spiro atoms. The standard InChI is InChI=1S/C13H20N4OS/c14-13-15-11(9-19-13)12(18)17-7-3-10(4-8-17)16-5-1-2-6-16/h9-10H,1-8H2,(H2,14,15). The Balaban J connectivity index is 1.56. The number of piperidine rings is 1. The molecule has 2 aliphatic heterocycles. The topological polar surface area (TPSA) is 62.5 Å². The zero-order valence-electron chi connectivity index (χ0n) is 11.0.